The SMILES string of the molecule is CCCN(C/C=C(\C)CC/C=C(\C)CC/C=C(\C)CCC=C(C)C)CCC. The zero-order valence-electron chi connectivity index (χ0n) is 19.5. The van der Waals surface area contributed by atoms with Crippen LogP contribution in [0.5, 0.6) is 0 Å². The maximum atomic E-state index is 2.57. The van der Waals surface area contributed by atoms with Gasteiger partial charge in [-0.2, -0.15) is 0 Å². The number of hydrogen-bond acceptors (Lipinski definition) is 1. The summed E-state index contributed by atoms with van der Waals surface area (Å²) < 4.78 is 0. The normalized spacial score (nSPS) is 13.4. The Morgan fingerprint density at radius 1 is 0.593 bits per heavy atom. The van der Waals surface area contributed by atoms with E-state index in [4.69, 9.17) is 0 Å². The number of allylic oxidation sites excluding steroid dienone is 7. The summed E-state index contributed by atoms with van der Waals surface area (Å²) in [6, 6.07) is 0. The third-order valence-corrected chi connectivity index (χ3v) is 4.93. The molecule has 0 N–H and O–H groups in total. The second-order valence-electron chi connectivity index (χ2n) is 8.35. The third kappa shape index (κ3) is 16.8. The highest BCUT2D eigenvalue weighted by Crippen LogP contribution is 2.13. The summed E-state index contributed by atoms with van der Waals surface area (Å²) in [5.74, 6) is 0. The second kappa shape index (κ2) is 17.0. The molecule has 0 bridgehead atoms. The van der Waals surface area contributed by atoms with Crippen LogP contribution in [0.3, 0.4) is 0 Å². The van der Waals surface area contributed by atoms with Gasteiger partial charge >= 0.3 is 0 Å². The second-order valence-corrected chi connectivity index (χ2v) is 8.35. The van der Waals surface area contributed by atoms with Gasteiger partial charge in [0.1, 0.15) is 0 Å². The maximum absolute atomic E-state index is 2.57. The molecule has 0 spiro atoms. The molecule has 0 atom stereocenters. The molecule has 1 heteroatoms. The first-order valence-corrected chi connectivity index (χ1v) is 11.2. The maximum Gasteiger partial charge on any atom is 0.0165 e. The summed E-state index contributed by atoms with van der Waals surface area (Å²) >= 11 is 0. The molecule has 0 saturated carbocycles. The van der Waals surface area contributed by atoms with Crippen molar-refractivity contribution in [2.24, 2.45) is 0 Å². The molecule has 0 aliphatic rings. The van der Waals surface area contributed by atoms with Crippen molar-refractivity contribution in [3.63, 3.8) is 0 Å². The summed E-state index contributed by atoms with van der Waals surface area (Å²) in [4.78, 5) is 2.57. The molecule has 27 heavy (non-hydrogen) atoms. The van der Waals surface area contributed by atoms with E-state index in [9.17, 15) is 0 Å². The van der Waals surface area contributed by atoms with Crippen molar-refractivity contribution in [2.45, 2.75) is 99.8 Å². The van der Waals surface area contributed by atoms with Crippen molar-refractivity contribution in [3.05, 3.63) is 46.6 Å². The summed E-state index contributed by atoms with van der Waals surface area (Å²) in [6.45, 7) is 19.3. The number of nitrogens with zero attached hydrogens (tertiary/aromatic N) is 1. The quantitative estimate of drug-likeness (QED) is 0.261. The van der Waals surface area contributed by atoms with Crippen molar-refractivity contribution >= 4 is 0 Å². The summed E-state index contributed by atoms with van der Waals surface area (Å²) in [5, 5.41) is 0. The van der Waals surface area contributed by atoms with Crippen LogP contribution in [-0.4, -0.2) is 24.5 Å². The molecule has 0 unspecified atom stereocenters. The van der Waals surface area contributed by atoms with E-state index in [-0.39, 0.29) is 0 Å². The Kier molecular flexibility index (Phi) is 16.4. The molecular formula is C26H47N. The molecule has 0 fully saturated rings. The van der Waals surface area contributed by atoms with Gasteiger partial charge in [0.05, 0.1) is 0 Å². The van der Waals surface area contributed by atoms with Gasteiger partial charge in [-0.05, 0) is 99.1 Å². The highest BCUT2D eigenvalue weighted by molar-refractivity contribution is 5.07. The van der Waals surface area contributed by atoms with Crippen LogP contribution in [0.2, 0.25) is 0 Å². The Hall–Kier alpha value is -1.08. The zero-order chi connectivity index (χ0) is 20.5. The van der Waals surface area contributed by atoms with Gasteiger partial charge in [-0.15, -0.1) is 0 Å². The summed E-state index contributed by atoms with van der Waals surface area (Å²) in [6.07, 6.45) is 19.3. The minimum Gasteiger partial charge on any atom is -0.300 e. The molecule has 0 aliphatic heterocycles. The molecule has 0 saturated heterocycles. The van der Waals surface area contributed by atoms with Crippen molar-refractivity contribution in [1.82, 2.24) is 4.90 Å². The highest BCUT2D eigenvalue weighted by atomic mass is 15.1. The topological polar surface area (TPSA) is 3.24 Å². The molecule has 0 amide bonds. The summed E-state index contributed by atoms with van der Waals surface area (Å²) in [7, 11) is 0. The molecule has 0 aliphatic carbocycles. The number of hydrogen-bond donors (Lipinski definition) is 0. The molecule has 0 aromatic heterocycles. The van der Waals surface area contributed by atoms with Gasteiger partial charge in [-0.25, -0.2) is 0 Å². The minimum absolute atomic E-state index is 1.12. The molecule has 0 radical (unpaired) electrons. The molecule has 0 rings (SSSR count). The molecular weight excluding hydrogens is 326 g/mol. The van der Waals surface area contributed by atoms with E-state index in [0.717, 1.165) is 6.54 Å². The predicted molar refractivity (Wildman–Crippen MR) is 125 cm³/mol. The molecule has 156 valence electrons. The average molecular weight is 374 g/mol. The first-order chi connectivity index (χ1) is 12.9. The molecule has 0 aromatic rings. The van der Waals surface area contributed by atoms with Crippen LogP contribution in [0.25, 0.3) is 0 Å². The summed E-state index contributed by atoms with van der Waals surface area (Å²) in [5.41, 5.74) is 6.03. The van der Waals surface area contributed by atoms with Gasteiger partial charge in [-0.3, -0.25) is 4.90 Å². The fourth-order valence-corrected chi connectivity index (χ4v) is 3.20. The van der Waals surface area contributed by atoms with Gasteiger partial charge in [0.2, 0.25) is 0 Å². The van der Waals surface area contributed by atoms with E-state index < -0.39 is 0 Å². The van der Waals surface area contributed by atoms with Crippen LogP contribution in [-0.2, 0) is 0 Å². The Balaban J connectivity index is 4.12. The Morgan fingerprint density at radius 2 is 1.00 bits per heavy atom. The standard InChI is InChI=1S/C26H47N/c1-8-20-27(21-9-2)22-19-26(7)18-12-17-25(6)16-11-15-24(5)14-10-13-23(3)4/h13,15,17,19H,8-12,14,16,18,20-22H2,1-7H3/b24-15+,25-17+,26-19+. The Bertz CT molecular complexity index is 480. The van der Waals surface area contributed by atoms with Gasteiger partial charge in [0, 0.05) is 6.54 Å². The lowest BCUT2D eigenvalue weighted by Crippen LogP contribution is -2.25. The van der Waals surface area contributed by atoms with Gasteiger partial charge in [-0.1, -0.05) is 60.4 Å². The van der Waals surface area contributed by atoms with E-state index in [1.807, 2.05) is 0 Å². The number of rotatable bonds is 15. The third-order valence-electron chi connectivity index (χ3n) is 4.93. The van der Waals surface area contributed by atoms with E-state index in [1.54, 1.807) is 0 Å². The van der Waals surface area contributed by atoms with Crippen LogP contribution < -0.4 is 0 Å². The van der Waals surface area contributed by atoms with Crippen LogP contribution in [0, 0.1) is 0 Å². The van der Waals surface area contributed by atoms with Gasteiger partial charge in [0.15, 0.2) is 0 Å². The molecule has 0 aromatic carbocycles. The zero-order valence-corrected chi connectivity index (χ0v) is 19.5. The first-order valence-electron chi connectivity index (χ1n) is 11.2. The van der Waals surface area contributed by atoms with Crippen LogP contribution in [0.1, 0.15) is 99.8 Å². The Labute approximate surface area is 171 Å². The Morgan fingerprint density at radius 3 is 1.41 bits per heavy atom. The smallest absolute Gasteiger partial charge is 0.0165 e. The van der Waals surface area contributed by atoms with Gasteiger partial charge in [0.25, 0.3) is 0 Å². The first kappa shape index (κ1) is 25.9. The monoisotopic (exact) mass is 373 g/mol. The van der Waals surface area contributed by atoms with Crippen molar-refractivity contribution in [2.75, 3.05) is 19.6 Å². The lowest BCUT2D eigenvalue weighted by atomic mass is 10.0. The van der Waals surface area contributed by atoms with Crippen molar-refractivity contribution in [3.8, 4) is 0 Å². The van der Waals surface area contributed by atoms with Crippen molar-refractivity contribution in [1.29, 1.82) is 0 Å². The van der Waals surface area contributed by atoms with Crippen LogP contribution >= 0.6 is 0 Å². The molecule has 1 nitrogen and oxygen atoms in total. The van der Waals surface area contributed by atoms with E-state index in [1.165, 1.54) is 86.7 Å². The fraction of sp³-hybridized carbons (Fsp3) is 0.692. The lowest BCUT2D eigenvalue weighted by Gasteiger charge is -2.19. The minimum atomic E-state index is 1.12. The average Bonchev–Trinajstić information content (AvgIpc) is 2.59. The van der Waals surface area contributed by atoms with Crippen molar-refractivity contribution < 1.29 is 0 Å². The highest BCUT2D eigenvalue weighted by Gasteiger charge is 2.00. The van der Waals surface area contributed by atoms with E-state index in [2.05, 4.69) is 77.7 Å². The largest absolute Gasteiger partial charge is 0.300 e. The van der Waals surface area contributed by atoms with E-state index >= 15 is 0 Å². The lowest BCUT2D eigenvalue weighted by molar-refractivity contribution is 0.303. The molecule has 0 heterocycles. The van der Waals surface area contributed by atoms with Gasteiger partial charge < -0.3 is 0 Å². The van der Waals surface area contributed by atoms with E-state index in [0.29, 0.717) is 0 Å². The van der Waals surface area contributed by atoms with Crippen LogP contribution in [0.4, 0.5) is 0 Å². The van der Waals surface area contributed by atoms with Crippen LogP contribution in [0.15, 0.2) is 46.6 Å². The fourth-order valence-electron chi connectivity index (χ4n) is 3.20. The predicted octanol–water partition coefficient (Wildman–Crippen LogP) is 8.25.